The smallest absolute Gasteiger partial charge is 0.251 e. The molecule has 2 N–H and O–H groups in total. The number of hydrogen-bond acceptors (Lipinski definition) is 5. The molecule has 8 nitrogen and oxygen atoms in total. The van der Waals surface area contributed by atoms with Crippen LogP contribution in [0.3, 0.4) is 0 Å². The predicted octanol–water partition coefficient (Wildman–Crippen LogP) is 0.617. The van der Waals surface area contributed by atoms with E-state index in [0.717, 1.165) is 6.42 Å². The SMILES string of the molecule is CCCNC(=O)CNC(=O)c1ccc(Cl)c(S(=O)(=O)N2CCOCC2)c1. The van der Waals surface area contributed by atoms with Crippen LogP contribution < -0.4 is 10.6 Å². The molecule has 1 saturated heterocycles. The first-order chi connectivity index (χ1) is 12.4. The van der Waals surface area contributed by atoms with E-state index in [0.29, 0.717) is 19.8 Å². The minimum absolute atomic E-state index is 0.0359. The number of rotatable bonds is 7. The summed E-state index contributed by atoms with van der Waals surface area (Å²) in [5, 5.41) is 5.14. The van der Waals surface area contributed by atoms with Crippen LogP contribution in [0.4, 0.5) is 0 Å². The van der Waals surface area contributed by atoms with Crippen molar-refractivity contribution < 1.29 is 22.7 Å². The Morgan fingerprint density at radius 3 is 2.58 bits per heavy atom. The maximum Gasteiger partial charge on any atom is 0.251 e. The summed E-state index contributed by atoms with van der Waals surface area (Å²) in [6, 6.07) is 4.01. The van der Waals surface area contributed by atoms with E-state index < -0.39 is 15.9 Å². The molecule has 1 aromatic rings. The van der Waals surface area contributed by atoms with Gasteiger partial charge in [0.05, 0.1) is 24.8 Å². The Morgan fingerprint density at radius 2 is 1.92 bits per heavy atom. The van der Waals surface area contributed by atoms with Gasteiger partial charge in [0.15, 0.2) is 0 Å². The average Bonchev–Trinajstić information content (AvgIpc) is 2.65. The van der Waals surface area contributed by atoms with E-state index in [1.54, 1.807) is 0 Å². The zero-order chi connectivity index (χ0) is 19.2. The van der Waals surface area contributed by atoms with Gasteiger partial charge in [0.2, 0.25) is 15.9 Å². The van der Waals surface area contributed by atoms with Gasteiger partial charge in [-0.2, -0.15) is 4.31 Å². The molecule has 1 aliphatic heterocycles. The van der Waals surface area contributed by atoms with Gasteiger partial charge in [0, 0.05) is 25.2 Å². The lowest BCUT2D eigenvalue weighted by Crippen LogP contribution is -2.41. The van der Waals surface area contributed by atoms with Gasteiger partial charge in [-0.05, 0) is 24.6 Å². The molecule has 0 saturated carbocycles. The summed E-state index contributed by atoms with van der Waals surface area (Å²) in [7, 11) is -3.83. The number of ether oxygens (including phenoxy) is 1. The van der Waals surface area contributed by atoms with E-state index >= 15 is 0 Å². The average molecular weight is 404 g/mol. The highest BCUT2D eigenvalue weighted by molar-refractivity contribution is 7.89. The van der Waals surface area contributed by atoms with E-state index in [4.69, 9.17) is 16.3 Å². The molecule has 0 atom stereocenters. The molecule has 1 aromatic carbocycles. The van der Waals surface area contributed by atoms with Crippen molar-refractivity contribution in [2.75, 3.05) is 39.4 Å². The van der Waals surface area contributed by atoms with E-state index in [2.05, 4.69) is 10.6 Å². The van der Waals surface area contributed by atoms with Crippen LogP contribution in [-0.4, -0.2) is 63.9 Å². The van der Waals surface area contributed by atoms with Gasteiger partial charge in [0.1, 0.15) is 4.90 Å². The first-order valence-corrected chi connectivity index (χ1v) is 10.1. The number of benzene rings is 1. The van der Waals surface area contributed by atoms with E-state index in [1.807, 2.05) is 6.92 Å². The minimum Gasteiger partial charge on any atom is -0.379 e. The molecule has 0 aromatic heterocycles. The molecule has 1 aliphatic rings. The van der Waals surface area contributed by atoms with Gasteiger partial charge in [-0.1, -0.05) is 18.5 Å². The summed E-state index contributed by atoms with van der Waals surface area (Å²) in [6.45, 7) is 3.33. The maximum absolute atomic E-state index is 12.8. The fourth-order valence-electron chi connectivity index (χ4n) is 2.36. The molecular weight excluding hydrogens is 382 g/mol. The zero-order valence-electron chi connectivity index (χ0n) is 14.5. The number of sulfonamides is 1. The van der Waals surface area contributed by atoms with Crippen molar-refractivity contribution >= 4 is 33.4 Å². The number of carbonyl (C=O) groups is 2. The van der Waals surface area contributed by atoms with Gasteiger partial charge in [-0.15, -0.1) is 0 Å². The molecule has 26 heavy (non-hydrogen) atoms. The number of nitrogens with one attached hydrogen (secondary N) is 2. The Labute approximate surface area is 157 Å². The first-order valence-electron chi connectivity index (χ1n) is 8.28. The number of nitrogens with zero attached hydrogens (tertiary/aromatic N) is 1. The molecule has 2 rings (SSSR count). The second-order valence-corrected chi connectivity index (χ2v) is 8.01. The third-order valence-electron chi connectivity index (χ3n) is 3.76. The fraction of sp³-hybridized carbons (Fsp3) is 0.500. The van der Waals surface area contributed by atoms with Crippen LogP contribution in [0.2, 0.25) is 5.02 Å². The molecule has 1 heterocycles. The number of carbonyl (C=O) groups excluding carboxylic acids is 2. The standard InChI is InChI=1S/C16H22ClN3O5S/c1-2-5-18-15(21)11-19-16(22)12-3-4-13(17)14(10-12)26(23,24)20-6-8-25-9-7-20/h3-4,10H,2,5-9,11H2,1H3,(H,18,21)(H,19,22). The van der Waals surface area contributed by atoms with Crippen LogP contribution >= 0.6 is 11.6 Å². The van der Waals surface area contributed by atoms with Gasteiger partial charge >= 0.3 is 0 Å². The largest absolute Gasteiger partial charge is 0.379 e. The molecule has 0 unspecified atom stereocenters. The van der Waals surface area contributed by atoms with Gasteiger partial charge in [-0.25, -0.2) is 8.42 Å². The van der Waals surface area contributed by atoms with Crippen LogP contribution in [0.5, 0.6) is 0 Å². The molecule has 0 bridgehead atoms. The summed E-state index contributed by atoms with van der Waals surface area (Å²) in [6.07, 6.45) is 0.791. The summed E-state index contributed by atoms with van der Waals surface area (Å²) < 4.78 is 32.0. The van der Waals surface area contributed by atoms with Crippen molar-refractivity contribution in [1.82, 2.24) is 14.9 Å². The van der Waals surface area contributed by atoms with Crippen LogP contribution in [0.1, 0.15) is 23.7 Å². The monoisotopic (exact) mass is 403 g/mol. The van der Waals surface area contributed by atoms with Crippen molar-refractivity contribution in [2.24, 2.45) is 0 Å². The maximum atomic E-state index is 12.8. The predicted molar refractivity (Wildman–Crippen MR) is 96.7 cm³/mol. The molecular formula is C16H22ClN3O5S. The van der Waals surface area contributed by atoms with Crippen molar-refractivity contribution in [3.05, 3.63) is 28.8 Å². The third kappa shape index (κ3) is 5.16. The Bertz CT molecular complexity index is 763. The highest BCUT2D eigenvalue weighted by atomic mass is 35.5. The summed E-state index contributed by atoms with van der Waals surface area (Å²) in [5.74, 6) is -0.859. The Morgan fingerprint density at radius 1 is 1.23 bits per heavy atom. The molecule has 0 spiro atoms. The Kier molecular flexibility index (Phi) is 7.39. The Balaban J connectivity index is 2.13. The van der Waals surface area contributed by atoms with Gasteiger partial charge < -0.3 is 15.4 Å². The highest BCUT2D eigenvalue weighted by Crippen LogP contribution is 2.26. The lowest BCUT2D eigenvalue weighted by molar-refractivity contribution is -0.120. The quantitative estimate of drug-likeness (QED) is 0.694. The number of morpholine rings is 1. The minimum atomic E-state index is -3.83. The number of hydrogen-bond donors (Lipinski definition) is 2. The van der Waals surface area contributed by atoms with E-state index in [-0.39, 0.29) is 41.0 Å². The van der Waals surface area contributed by atoms with Crippen molar-refractivity contribution in [3.63, 3.8) is 0 Å². The van der Waals surface area contributed by atoms with Crippen LogP contribution in [-0.2, 0) is 19.6 Å². The van der Waals surface area contributed by atoms with Crippen molar-refractivity contribution in [2.45, 2.75) is 18.2 Å². The molecule has 0 radical (unpaired) electrons. The topological polar surface area (TPSA) is 105 Å². The zero-order valence-corrected chi connectivity index (χ0v) is 16.0. The summed E-state index contributed by atoms with van der Waals surface area (Å²) in [5.41, 5.74) is 0.115. The van der Waals surface area contributed by atoms with Crippen molar-refractivity contribution in [1.29, 1.82) is 0 Å². The van der Waals surface area contributed by atoms with Crippen molar-refractivity contribution in [3.8, 4) is 0 Å². The second kappa shape index (κ2) is 9.31. The highest BCUT2D eigenvalue weighted by Gasteiger charge is 2.29. The van der Waals surface area contributed by atoms with Gasteiger partial charge in [0.25, 0.3) is 5.91 Å². The first kappa shape index (κ1) is 20.6. The normalized spacial score (nSPS) is 15.5. The van der Waals surface area contributed by atoms with Crippen LogP contribution in [0.25, 0.3) is 0 Å². The van der Waals surface area contributed by atoms with Crippen LogP contribution in [0, 0.1) is 0 Å². The second-order valence-electron chi connectivity index (χ2n) is 5.69. The Hall–Kier alpha value is -1.68. The summed E-state index contributed by atoms with van der Waals surface area (Å²) >= 11 is 6.06. The van der Waals surface area contributed by atoms with E-state index in [1.165, 1.54) is 22.5 Å². The molecule has 144 valence electrons. The number of halogens is 1. The van der Waals surface area contributed by atoms with Crippen LogP contribution in [0.15, 0.2) is 23.1 Å². The fourth-order valence-corrected chi connectivity index (χ4v) is 4.27. The molecule has 10 heteroatoms. The third-order valence-corrected chi connectivity index (χ3v) is 6.14. The lowest BCUT2D eigenvalue weighted by atomic mass is 10.2. The van der Waals surface area contributed by atoms with E-state index in [9.17, 15) is 18.0 Å². The molecule has 2 amide bonds. The molecule has 0 aliphatic carbocycles. The lowest BCUT2D eigenvalue weighted by Gasteiger charge is -2.26. The molecule has 1 fully saturated rings. The summed E-state index contributed by atoms with van der Waals surface area (Å²) in [4.78, 5) is 23.7. The number of amides is 2. The van der Waals surface area contributed by atoms with Gasteiger partial charge in [-0.3, -0.25) is 9.59 Å².